The first-order chi connectivity index (χ1) is 3.70. The zero-order valence-electron chi connectivity index (χ0n) is 6.91. The molecule has 0 N–H and O–H groups in total. The maximum atomic E-state index is 2.20. The molecule has 1 aromatic rings. The zero-order valence-corrected chi connectivity index (χ0v) is 10.9. The van der Waals surface area contributed by atoms with Crippen LogP contribution in [0.3, 0.4) is 0 Å². The van der Waals surface area contributed by atoms with Gasteiger partial charge in [0, 0.05) is 0 Å². The van der Waals surface area contributed by atoms with Crippen molar-refractivity contribution in [3.63, 3.8) is 0 Å². The van der Waals surface area contributed by atoms with Gasteiger partial charge in [0.15, 0.2) is 0 Å². The maximum Gasteiger partial charge on any atom is 3.00 e. The van der Waals surface area contributed by atoms with E-state index in [1.807, 2.05) is 0 Å². The first kappa shape index (κ1) is 17.8. The van der Waals surface area contributed by atoms with E-state index in [2.05, 4.69) is 32.9 Å². The summed E-state index contributed by atoms with van der Waals surface area (Å²) in [5, 5.41) is 0. The minimum Gasteiger partial charge on any atom is -1.00 e. The Morgan fingerprint density at radius 3 is 1.73 bits per heavy atom. The Morgan fingerprint density at radius 2 is 1.64 bits per heavy atom. The van der Waals surface area contributed by atoms with Crippen LogP contribution in [0.15, 0.2) is 12.1 Å². The summed E-state index contributed by atoms with van der Waals surface area (Å²) in [5.41, 5.74) is 4.19. The molecule has 61 valence electrons. The van der Waals surface area contributed by atoms with Crippen LogP contribution in [0.25, 0.3) is 0 Å². The Kier molecular flexibility index (Phi) is 12.1. The molecule has 0 aliphatic carbocycles. The molecule has 0 bridgehead atoms. The Morgan fingerprint density at radius 1 is 1.18 bits per heavy atom. The third-order valence-corrected chi connectivity index (χ3v) is 1.51. The second kappa shape index (κ2) is 7.46. The minimum absolute atomic E-state index is 0. The Balaban J connectivity index is -0.000000213. The van der Waals surface area contributed by atoms with Gasteiger partial charge in [0.2, 0.25) is 0 Å². The van der Waals surface area contributed by atoms with Crippen molar-refractivity contribution >= 4 is 0 Å². The number of hydrogen-bond donors (Lipinski definition) is 0. The van der Waals surface area contributed by atoms with Crippen molar-refractivity contribution in [1.29, 1.82) is 0 Å². The topological polar surface area (TPSA) is 0 Å². The molecule has 0 aromatic heterocycles. The Bertz CT molecular complexity index is 174. The smallest absolute Gasteiger partial charge is 1.00 e. The van der Waals surface area contributed by atoms with Crippen LogP contribution in [0, 0.1) is 20.8 Å². The van der Waals surface area contributed by atoms with Gasteiger partial charge in [-0.05, 0) is 0 Å². The number of hydrogen-bond acceptors (Lipinski definition) is 0. The molecule has 0 saturated heterocycles. The standard InChI is InChI=1S/C8H11.2ClH.Zr/c1-6-4-7(2)8(3)5-6;;;/h4-5H,1-3H3;2*1H;/q-1;;;+3/p-2. The molecule has 0 fully saturated rings. The zero-order chi connectivity index (χ0) is 6.15. The summed E-state index contributed by atoms with van der Waals surface area (Å²) in [4.78, 5) is 0. The van der Waals surface area contributed by atoms with E-state index in [0.717, 1.165) is 0 Å². The first-order valence-electron chi connectivity index (χ1n) is 2.90. The molecule has 0 spiro atoms. The summed E-state index contributed by atoms with van der Waals surface area (Å²) in [7, 11) is 0. The molecular formula is C8H11Cl2Zr. The van der Waals surface area contributed by atoms with Crippen molar-refractivity contribution in [1.82, 2.24) is 0 Å². The summed E-state index contributed by atoms with van der Waals surface area (Å²) in [6.45, 7) is 6.41. The van der Waals surface area contributed by atoms with Crippen molar-refractivity contribution in [3.05, 3.63) is 28.8 Å². The van der Waals surface area contributed by atoms with Gasteiger partial charge in [0.05, 0.1) is 0 Å². The fourth-order valence-corrected chi connectivity index (χ4v) is 0.952. The quantitative estimate of drug-likeness (QED) is 0.426. The van der Waals surface area contributed by atoms with E-state index in [4.69, 9.17) is 0 Å². The monoisotopic (exact) mass is 267 g/mol. The van der Waals surface area contributed by atoms with Gasteiger partial charge in [0.1, 0.15) is 0 Å². The second-order valence-corrected chi connectivity index (χ2v) is 2.40. The number of rotatable bonds is 0. The SMILES string of the molecule is Cc1cc(C)[c-](C)c1.[Cl-].[Cl-].[Zr+3]. The van der Waals surface area contributed by atoms with E-state index in [-0.39, 0.29) is 51.0 Å². The van der Waals surface area contributed by atoms with E-state index in [1.54, 1.807) is 0 Å². The minimum atomic E-state index is 0. The molecule has 0 atom stereocenters. The molecule has 0 nitrogen and oxygen atoms in total. The first-order valence-corrected chi connectivity index (χ1v) is 2.90. The Labute approximate surface area is 100 Å². The van der Waals surface area contributed by atoms with Crippen molar-refractivity contribution in [2.75, 3.05) is 0 Å². The molecule has 11 heavy (non-hydrogen) atoms. The predicted octanol–water partition coefficient (Wildman–Crippen LogP) is -3.66. The van der Waals surface area contributed by atoms with Crippen LogP contribution in [-0.4, -0.2) is 0 Å². The van der Waals surface area contributed by atoms with Crippen LogP contribution in [-0.2, 0) is 26.2 Å². The third kappa shape index (κ3) is 5.12. The van der Waals surface area contributed by atoms with E-state index in [9.17, 15) is 0 Å². The molecule has 0 heterocycles. The largest absolute Gasteiger partial charge is 3.00 e. The van der Waals surface area contributed by atoms with E-state index >= 15 is 0 Å². The van der Waals surface area contributed by atoms with E-state index in [1.165, 1.54) is 16.7 Å². The summed E-state index contributed by atoms with van der Waals surface area (Å²) >= 11 is 0. The Hall–Kier alpha value is 0.813. The van der Waals surface area contributed by atoms with Crippen molar-refractivity contribution in [2.45, 2.75) is 20.8 Å². The van der Waals surface area contributed by atoms with Crippen LogP contribution >= 0.6 is 0 Å². The van der Waals surface area contributed by atoms with Crippen LogP contribution in [0.4, 0.5) is 0 Å². The molecule has 1 aromatic carbocycles. The summed E-state index contributed by atoms with van der Waals surface area (Å²) in [6.07, 6.45) is 0. The van der Waals surface area contributed by atoms with Crippen LogP contribution in [0.5, 0.6) is 0 Å². The van der Waals surface area contributed by atoms with Crippen LogP contribution < -0.4 is 24.8 Å². The fourth-order valence-electron chi connectivity index (χ4n) is 0.952. The van der Waals surface area contributed by atoms with E-state index in [0.29, 0.717) is 0 Å². The predicted molar refractivity (Wildman–Crippen MR) is 36.2 cm³/mol. The van der Waals surface area contributed by atoms with Gasteiger partial charge in [-0.1, -0.05) is 20.8 Å². The molecule has 0 unspecified atom stereocenters. The fraction of sp³-hybridized carbons (Fsp3) is 0.375. The molecule has 0 aliphatic rings. The summed E-state index contributed by atoms with van der Waals surface area (Å²) < 4.78 is 0. The van der Waals surface area contributed by atoms with Crippen LogP contribution in [0.1, 0.15) is 16.7 Å². The average Bonchev–Trinajstić information content (AvgIpc) is 1.85. The molecule has 3 heteroatoms. The summed E-state index contributed by atoms with van der Waals surface area (Å²) in [6, 6.07) is 4.41. The molecule has 0 amide bonds. The number of halogens is 2. The molecule has 0 saturated carbocycles. The normalized spacial score (nSPS) is 7.18. The van der Waals surface area contributed by atoms with Gasteiger partial charge in [0.25, 0.3) is 0 Å². The molecule has 1 rings (SSSR count). The molecule has 1 radical (unpaired) electrons. The van der Waals surface area contributed by atoms with Gasteiger partial charge in [-0.3, -0.25) is 0 Å². The third-order valence-electron chi connectivity index (χ3n) is 1.51. The van der Waals surface area contributed by atoms with Gasteiger partial charge in [-0.25, -0.2) is 11.6 Å². The van der Waals surface area contributed by atoms with Gasteiger partial charge >= 0.3 is 26.2 Å². The average molecular weight is 269 g/mol. The van der Waals surface area contributed by atoms with Crippen molar-refractivity contribution in [3.8, 4) is 0 Å². The van der Waals surface area contributed by atoms with Gasteiger partial charge in [-0.2, -0.15) is 17.2 Å². The summed E-state index contributed by atoms with van der Waals surface area (Å²) in [5.74, 6) is 0. The van der Waals surface area contributed by atoms with Gasteiger partial charge < -0.3 is 24.8 Å². The number of aryl methyl sites for hydroxylation is 3. The van der Waals surface area contributed by atoms with Crippen molar-refractivity contribution < 1.29 is 51.0 Å². The van der Waals surface area contributed by atoms with E-state index < -0.39 is 0 Å². The maximum absolute atomic E-state index is 2.20. The van der Waals surface area contributed by atoms with Crippen molar-refractivity contribution in [2.24, 2.45) is 0 Å². The molecular weight excluding hydrogens is 258 g/mol. The van der Waals surface area contributed by atoms with Crippen LogP contribution in [0.2, 0.25) is 0 Å². The second-order valence-electron chi connectivity index (χ2n) is 2.40. The molecule has 0 aliphatic heterocycles. The van der Waals surface area contributed by atoms with Gasteiger partial charge in [-0.15, -0.1) is 0 Å².